The van der Waals surface area contributed by atoms with Gasteiger partial charge in [0.15, 0.2) is 0 Å². The van der Waals surface area contributed by atoms with Crippen LogP contribution in [0.1, 0.15) is 23.1 Å². The van der Waals surface area contributed by atoms with Gasteiger partial charge in [-0.25, -0.2) is 13.1 Å². The van der Waals surface area contributed by atoms with Crippen LogP contribution in [0.15, 0.2) is 48.9 Å². The maximum Gasteiger partial charge on any atom is 0.305 e. The first-order valence-corrected chi connectivity index (χ1v) is 10.9. The van der Waals surface area contributed by atoms with E-state index in [0.717, 1.165) is 33.8 Å². The van der Waals surface area contributed by atoms with Gasteiger partial charge in [-0.05, 0) is 41.3 Å². The highest BCUT2D eigenvalue weighted by atomic mass is 32.2. The Morgan fingerprint density at radius 3 is 2.75 bits per heavy atom. The lowest BCUT2D eigenvalue weighted by Gasteiger charge is -2.06. The molecule has 0 amide bonds. The Morgan fingerprint density at radius 1 is 1.25 bits per heavy atom. The van der Waals surface area contributed by atoms with Crippen molar-refractivity contribution in [2.75, 3.05) is 12.8 Å². The number of fused-ring (bicyclic) bond motifs is 1. The van der Waals surface area contributed by atoms with E-state index in [0.29, 0.717) is 25.9 Å². The Hall–Kier alpha value is -2.71. The summed E-state index contributed by atoms with van der Waals surface area (Å²) in [5.74, 6) is -0.834. The van der Waals surface area contributed by atoms with Gasteiger partial charge in [0.05, 0.1) is 12.7 Å². The zero-order chi connectivity index (χ0) is 20.1. The molecule has 7 nitrogen and oxygen atoms in total. The quantitative estimate of drug-likeness (QED) is 0.572. The fourth-order valence-electron chi connectivity index (χ4n) is 3.22. The highest BCUT2D eigenvalue weighted by Gasteiger charge is 2.12. The van der Waals surface area contributed by atoms with Crippen LogP contribution in [0, 0.1) is 0 Å². The minimum absolute atomic E-state index is 0.0517. The molecule has 3 rings (SSSR count). The number of nitrogens with zero attached hydrogens (tertiary/aromatic N) is 2. The van der Waals surface area contributed by atoms with Crippen molar-refractivity contribution in [3.05, 3.63) is 65.6 Å². The molecule has 28 heavy (non-hydrogen) atoms. The molecule has 0 atom stereocenters. The molecular weight excluding hydrogens is 378 g/mol. The van der Waals surface area contributed by atoms with Gasteiger partial charge >= 0.3 is 5.97 Å². The monoisotopic (exact) mass is 401 g/mol. The molecule has 0 fully saturated rings. The van der Waals surface area contributed by atoms with Crippen molar-refractivity contribution in [2.45, 2.75) is 25.8 Å². The highest BCUT2D eigenvalue weighted by molar-refractivity contribution is 7.88. The van der Waals surface area contributed by atoms with Crippen LogP contribution in [-0.4, -0.2) is 41.8 Å². The smallest absolute Gasteiger partial charge is 0.305 e. The molecule has 2 aromatic heterocycles. The Morgan fingerprint density at radius 2 is 2.07 bits per heavy atom. The van der Waals surface area contributed by atoms with Crippen LogP contribution in [0.4, 0.5) is 0 Å². The summed E-state index contributed by atoms with van der Waals surface area (Å²) in [6.45, 7) is 0.732. The summed E-state index contributed by atoms with van der Waals surface area (Å²) in [4.78, 5) is 15.1. The number of aryl methyl sites for hydroxylation is 1. The van der Waals surface area contributed by atoms with E-state index in [1.54, 1.807) is 6.20 Å². The molecule has 148 valence electrons. The number of hydrogen-bond acceptors (Lipinski definition) is 4. The Kier molecular flexibility index (Phi) is 6.11. The molecule has 3 aromatic rings. The average molecular weight is 401 g/mol. The number of hydrogen-bond donors (Lipinski definition) is 2. The largest absolute Gasteiger partial charge is 0.481 e. The van der Waals surface area contributed by atoms with Crippen molar-refractivity contribution < 1.29 is 18.3 Å². The molecule has 0 bridgehead atoms. The van der Waals surface area contributed by atoms with Crippen LogP contribution in [0.2, 0.25) is 0 Å². The van der Waals surface area contributed by atoms with Crippen molar-refractivity contribution in [3.63, 3.8) is 0 Å². The number of carboxylic acid groups (broad SMARTS) is 1. The number of rotatable bonds is 9. The fraction of sp³-hybridized carbons (Fsp3) is 0.300. The Bertz CT molecular complexity index is 1080. The van der Waals surface area contributed by atoms with Gasteiger partial charge in [-0.3, -0.25) is 9.78 Å². The predicted molar refractivity (Wildman–Crippen MR) is 108 cm³/mol. The molecule has 0 aliphatic carbocycles. The van der Waals surface area contributed by atoms with E-state index in [1.165, 1.54) is 0 Å². The van der Waals surface area contributed by atoms with Gasteiger partial charge in [-0.2, -0.15) is 0 Å². The van der Waals surface area contributed by atoms with Gasteiger partial charge in [0.2, 0.25) is 10.0 Å². The van der Waals surface area contributed by atoms with Crippen LogP contribution >= 0.6 is 0 Å². The number of pyridine rings is 1. The maximum absolute atomic E-state index is 11.3. The molecule has 2 heterocycles. The maximum atomic E-state index is 11.3. The van der Waals surface area contributed by atoms with Crippen LogP contribution in [0.25, 0.3) is 10.9 Å². The predicted octanol–water partition coefficient (Wildman–Crippen LogP) is 2.19. The minimum Gasteiger partial charge on any atom is -0.481 e. The number of aliphatic carboxylic acids is 1. The number of benzene rings is 1. The molecule has 0 aliphatic heterocycles. The molecule has 0 saturated carbocycles. The van der Waals surface area contributed by atoms with Crippen molar-refractivity contribution in [3.8, 4) is 0 Å². The minimum atomic E-state index is -3.21. The van der Waals surface area contributed by atoms with Gasteiger partial charge < -0.3 is 9.67 Å². The molecule has 8 heteroatoms. The van der Waals surface area contributed by atoms with Gasteiger partial charge in [0.25, 0.3) is 0 Å². The molecule has 0 aliphatic rings. The number of carbonyl (C=O) groups is 1. The Labute approximate surface area is 164 Å². The van der Waals surface area contributed by atoms with Gasteiger partial charge in [0.1, 0.15) is 0 Å². The van der Waals surface area contributed by atoms with Crippen molar-refractivity contribution in [1.82, 2.24) is 14.3 Å². The molecule has 0 saturated heterocycles. The summed E-state index contributed by atoms with van der Waals surface area (Å²) in [6, 6.07) is 9.88. The summed E-state index contributed by atoms with van der Waals surface area (Å²) < 4.78 is 27.0. The van der Waals surface area contributed by atoms with Crippen molar-refractivity contribution in [2.24, 2.45) is 0 Å². The fourth-order valence-corrected chi connectivity index (χ4v) is 3.69. The van der Waals surface area contributed by atoms with E-state index < -0.39 is 16.0 Å². The summed E-state index contributed by atoms with van der Waals surface area (Å²) in [7, 11) is -3.21. The van der Waals surface area contributed by atoms with Crippen LogP contribution < -0.4 is 4.72 Å². The van der Waals surface area contributed by atoms with Gasteiger partial charge in [0, 0.05) is 49.0 Å². The summed E-state index contributed by atoms with van der Waals surface area (Å²) in [5, 5.41) is 10.1. The Balaban J connectivity index is 1.91. The number of sulfonamides is 1. The first kappa shape index (κ1) is 20.0. The molecular formula is C20H23N3O4S. The third kappa shape index (κ3) is 5.40. The van der Waals surface area contributed by atoms with E-state index >= 15 is 0 Å². The van der Waals surface area contributed by atoms with Crippen molar-refractivity contribution >= 4 is 26.9 Å². The van der Waals surface area contributed by atoms with E-state index in [4.69, 9.17) is 5.11 Å². The number of aromatic nitrogens is 2. The molecule has 1 aromatic carbocycles. The van der Waals surface area contributed by atoms with E-state index in [1.807, 2.05) is 41.2 Å². The summed E-state index contributed by atoms with van der Waals surface area (Å²) in [6.07, 6.45) is 8.01. The van der Waals surface area contributed by atoms with E-state index in [-0.39, 0.29) is 6.42 Å². The van der Waals surface area contributed by atoms with Crippen LogP contribution in [-0.2, 0) is 34.2 Å². The molecule has 0 radical (unpaired) electrons. The third-order valence-electron chi connectivity index (χ3n) is 4.49. The van der Waals surface area contributed by atoms with Gasteiger partial charge in [-0.1, -0.05) is 12.1 Å². The highest BCUT2D eigenvalue weighted by Crippen LogP contribution is 2.26. The first-order valence-electron chi connectivity index (χ1n) is 8.98. The number of carboxylic acids is 1. The average Bonchev–Trinajstić information content (AvgIpc) is 2.97. The second kappa shape index (κ2) is 8.53. The van der Waals surface area contributed by atoms with Crippen LogP contribution in [0.5, 0.6) is 0 Å². The lowest BCUT2D eigenvalue weighted by atomic mass is 10.0. The lowest BCUT2D eigenvalue weighted by Crippen LogP contribution is -2.24. The second-order valence-electron chi connectivity index (χ2n) is 6.80. The van der Waals surface area contributed by atoms with Crippen LogP contribution in [0.3, 0.4) is 0 Å². The SMILES string of the molecule is CS(=O)(=O)NCCc1ccc2c(c1)c(Cc1cccnc1)cn2CCC(=O)O. The van der Waals surface area contributed by atoms with Gasteiger partial charge in [-0.15, -0.1) is 0 Å². The first-order chi connectivity index (χ1) is 13.3. The topological polar surface area (TPSA) is 101 Å². The summed E-state index contributed by atoms with van der Waals surface area (Å²) >= 11 is 0. The molecule has 2 N–H and O–H groups in total. The normalized spacial score (nSPS) is 11.8. The van der Waals surface area contributed by atoms with E-state index in [2.05, 4.69) is 15.8 Å². The zero-order valence-electron chi connectivity index (χ0n) is 15.6. The third-order valence-corrected chi connectivity index (χ3v) is 5.22. The number of nitrogens with one attached hydrogen (secondary N) is 1. The second-order valence-corrected chi connectivity index (χ2v) is 8.63. The lowest BCUT2D eigenvalue weighted by molar-refractivity contribution is -0.137. The molecule has 0 spiro atoms. The molecule has 0 unspecified atom stereocenters. The summed E-state index contributed by atoms with van der Waals surface area (Å²) in [5.41, 5.74) is 4.15. The standard InChI is InChI=1S/C20H23N3O4S/c1-28(26,27)22-9-6-15-4-5-19-18(12-15)17(11-16-3-2-8-21-13-16)14-23(19)10-7-20(24)25/h2-5,8,12-14,22H,6-7,9-11H2,1H3,(H,24,25). The van der Waals surface area contributed by atoms with Crippen molar-refractivity contribution in [1.29, 1.82) is 0 Å². The van der Waals surface area contributed by atoms with E-state index in [9.17, 15) is 13.2 Å². The zero-order valence-corrected chi connectivity index (χ0v) is 16.4.